The van der Waals surface area contributed by atoms with Gasteiger partial charge in [-0.3, -0.25) is 0 Å². The third-order valence-corrected chi connectivity index (χ3v) is 3.49. The van der Waals surface area contributed by atoms with Crippen molar-refractivity contribution >= 4 is 5.82 Å². The highest BCUT2D eigenvalue weighted by Gasteiger charge is 2.30. The Morgan fingerprint density at radius 3 is 2.94 bits per heavy atom. The van der Waals surface area contributed by atoms with Crippen molar-refractivity contribution in [3.63, 3.8) is 0 Å². The fourth-order valence-corrected chi connectivity index (χ4v) is 2.66. The van der Waals surface area contributed by atoms with E-state index in [1.54, 1.807) is 7.11 Å². The number of nitrogens with one attached hydrogen (secondary N) is 1. The molecule has 1 aliphatic rings. The molecule has 0 aliphatic carbocycles. The van der Waals surface area contributed by atoms with Crippen molar-refractivity contribution in [1.82, 2.24) is 4.98 Å². The van der Waals surface area contributed by atoms with Crippen molar-refractivity contribution in [3.8, 4) is 5.75 Å². The minimum absolute atomic E-state index is 0.337. The summed E-state index contributed by atoms with van der Waals surface area (Å²) in [6.07, 6.45) is 1.83. The predicted molar refractivity (Wildman–Crippen MR) is 72.2 cm³/mol. The van der Waals surface area contributed by atoms with Gasteiger partial charge < -0.3 is 10.1 Å². The Labute approximate surface area is 107 Å². The summed E-state index contributed by atoms with van der Waals surface area (Å²) in [5.41, 5.74) is 2.53. The van der Waals surface area contributed by atoms with E-state index in [0.717, 1.165) is 11.6 Å². The zero-order valence-corrected chi connectivity index (χ0v) is 10.6. The molecule has 0 amide bonds. The lowest BCUT2D eigenvalue weighted by atomic mass is 9.89. The molecule has 1 aromatic heterocycles. The molecular formula is C15H16N2O. The quantitative estimate of drug-likeness (QED) is 0.876. The Kier molecular flexibility index (Phi) is 2.67. The van der Waals surface area contributed by atoms with Gasteiger partial charge in [-0.1, -0.05) is 18.2 Å². The monoisotopic (exact) mass is 240 g/mol. The molecule has 18 heavy (non-hydrogen) atoms. The molecule has 3 nitrogen and oxygen atoms in total. The third kappa shape index (κ3) is 1.72. The molecule has 3 heteroatoms. The summed E-state index contributed by atoms with van der Waals surface area (Å²) in [6.45, 7) is 2.19. The molecule has 1 aliphatic heterocycles. The number of methoxy groups -OCH3 is 1. The van der Waals surface area contributed by atoms with Gasteiger partial charge >= 0.3 is 0 Å². The second-order valence-corrected chi connectivity index (χ2v) is 4.63. The highest BCUT2D eigenvalue weighted by Crippen LogP contribution is 2.39. The van der Waals surface area contributed by atoms with E-state index in [2.05, 4.69) is 35.4 Å². The van der Waals surface area contributed by atoms with Gasteiger partial charge in [0.05, 0.1) is 7.11 Å². The van der Waals surface area contributed by atoms with Gasteiger partial charge in [0.2, 0.25) is 0 Å². The second kappa shape index (κ2) is 4.33. The van der Waals surface area contributed by atoms with E-state index in [1.807, 2.05) is 24.4 Å². The first-order valence-corrected chi connectivity index (χ1v) is 6.15. The first kappa shape index (κ1) is 11.1. The molecule has 0 fully saturated rings. The van der Waals surface area contributed by atoms with Crippen LogP contribution in [0.4, 0.5) is 5.82 Å². The molecular weight excluding hydrogens is 224 g/mol. The molecule has 1 aromatic carbocycles. The van der Waals surface area contributed by atoms with Crippen molar-refractivity contribution in [2.45, 2.75) is 18.9 Å². The maximum Gasteiger partial charge on any atom is 0.130 e. The van der Waals surface area contributed by atoms with Crippen molar-refractivity contribution in [2.24, 2.45) is 0 Å². The molecule has 2 unspecified atom stereocenters. The topological polar surface area (TPSA) is 34.1 Å². The fourth-order valence-electron chi connectivity index (χ4n) is 2.66. The molecule has 3 rings (SSSR count). The summed E-state index contributed by atoms with van der Waals surface area (Å²) >= 11 is 0. The van der Waals surface area contributed by atoms with E-state index in [9.17, 15) is 0 Å². The average Bonchev–Trinajstić information content (AvgIpc) is 2.74. The Bertz CT molecular complexity index is 568. The summed E-state index contributed by atoms with van der Waals surface area (Å²) in [4.78, 5) is 4.39. The number of anilines is 1. The van der Waals surface area contributed by atoms with Gasteiger partial charge in [0.25, 0.3) is 0 Å². The van der Waals surface area contributed by atoms with Crippen LogP contribution >= 0.6 is 0 Å². The van der Waals surface area contributed by atoms with Crippen molar-refractivity contribution in [2.75, 3.05) is 12.4 Å². The van der Waals surface area contributed by atoms with Crippen LogP contribution in [0.2, 0.25) is 0 Å². The number of hydrogen-bond acceptors (Lipinski definition) is 3. The first-order valence-electron chi connectivity index (χ1n) is 6.15. The zero-order chi connectivity index (χ0) is 12.5. The molecule has 0 saturated heterocycles. The number of hydrogen-bond donors (Lipinski definition) is 1. The van der Waals surface area contributed by atoms with Crippen molar-refractivity contribution in [3.05, 3.63) is 53.7 Å². The summed E-state index contributed by atoms with van der Waals surface area (Å²) in [7, 11) is 1.70. The van der Waals surface area contributed by atoms with Crippen LogP contribution in [0, 0.1) is 0 Å². The van der Waals surface area contributed by atoms with Gasteiger partial charge in [-0.2, -0.15) is 0 Å². The lowest BCUT2D eigenvalue weighted by Crippen LogP contribution is -2.17. The van der Waals surface area contributed by atoms with Gasteiger partial charge in [0.15, 0.2) is 0 Å². The minimum atomic E-state index is 0.337. The SMILES string of the molecule is COc1cccc(C2c3cccnc3NC2C)c1. The maximum atomic E-state index is 5.30. The summed E-state index contributed by atoms with van der Waals surface area (Å²) in [6, 6.07) is 12.7. The Morgan fingerprint density at radius 2 is 2.11 bits per heavy atom. The normalized spacial score (nSPS) is 21.2. The number of rotatable bonds is 2. The van der Waals surface area contributed by atoms with Crippen LogP contribution in [0.1, 0.15) is 24.0 Å². The van der Waals surface area contributed by atoms with Crippen LogP contribution in [0.25, 0.3) is 0 Å². The van der Waals surface area contributed by atoms with E-state index in [4.69, 9.17) is 4.74 Å². The highest BCUT2D eigenvalue weighted by atomic mass is 16.5. The van der Waals surface area contributed by atoms with E-state index < -0.39 is 0 Å². The molecule has 0 radical (unpaired) electrons. The zero-order valence-electron chi connectivity index (χ0n) is 10.6. The molecule has 92 valence electrons. The number of pyridine rings is 1. The molecule has 2 atom stereocenters. The summed E-state index contributed by atoms with van der Waals surface area (Å²) in [5, 5.41) is 3.43. The van der Waals surface area contributed by atoms with E-state index >= 15 is 0 Å². The Balaban J connectivity index is 2.06. The van der Waals surface area contributed by atoms with Gasteiger partial charge in [-0.25, -0.2) is 4.98 Å². The van der Waals surface area contributed by atoms with Gasteiger partial charge in [-0.15, -0.1) is 0 Å². The second-order valence-electron chi connectivity index (χ2n) is 4.63. The fraction of sp³-hybridized carbons (Fsp3) is 0.267. The number of nitrogens with zero attached hydrogens (tertiary/aromatic N) is 1. The molecule has 2 aromatic rings. The van der Waals surface area contributed by atoms with E-state index in [0.29, 0.717) is 12.0 Å². The van der Waals surface area contributed by atoms with Crippen LogP contribution in [-0.4, -0.2) is 18.1 Å². The lowest BCUT2D eigenvalue weighted by Gasteiger charge is -2.17. The molecule has 0 spiro atoms. The van der Waals surface area contributed by atoms with Crippen LogP contribution in [0.5, 0.6) is 5.75 Å². The van der Waals surface area contributed by atoms with Crippen molar-refractivity contribution in [1.29, 1.82) is 0 Å². The molecule has 0 saturated carbocycles. The van der Waals surface area contributed by atoms with Crippen LogP contribution in [0.3, 0.4) is 0 Å². The number of benzene rings is 1. The van der Waals surface area contributed by atoms with Crippen LogP contribution in [-0.2, 0) is 0 Å². The minimum Gasteiger partial charge on any atom is -0.497 e. The van der Waals surface area contributed by atoms with Gasteiger partial charge in [0.1, 0.15) is 11.6 Å². The van der Waals surface area contributed by atoms with Gasteiger partial charge in [-0.05, 0) is 30.7 Å². The largest absolute Gasteiger partial charge is 0.497 e. The molecule has 0 bridgehead atoms. The first-order chi connectivity index (χ1) is 8.79. The standard InChI is InChI=1S/C15H16N2O/c1-10-14(11-5-3-6-12(9-11)18-2)13-7-4-8-16-15(13)17-10/h3-10,14H,1-2H3,(H,16,17). The summed E-state index contributed by atoms with van der Waals surface area (Å²) < 4.78 is 5.30. The average molecular weight is 240 g/mol. The van der Waals surface area contributed by atoms with Crippen LogP contribution in [0.15, 0.2) is 42.6 Å². The molecule has 1 N–H and O–H groups in total. The van der Waals surface area contributed by atoms with Crippen molar-refractivity contribution < 1.29 is 4.74 Å². The van der Waals surface area contributed by atoms with Gasteiger partial charge in [0, 0.05) is 23.7 Å². The van der Waals surface area contributed by atoms with Crippen LogP contribution < -0.4 is 10.1 Å². The number of fused-ring (bicyclic) bond motifs is 1. The number of aromatic nitrogens is 1. The smallest absolute Gasteiger partial charge is 0.130 e. The Morgan fingerprint density at radius 1 is 1.22 bits per heavy atom. The van der Waals surface area contributed by atoms with E-state index in [-0.39, 0.29) is 0 Å². The number of ether oxygens (including phenoxy) is 1. The predicted octanol–water partition coefficient (Wildman–Crippen LogP) is 3.04. The van der Waals surface area contributed by atoms with E-state index in [1.165, 1.54) is 11.1 Å². The highest BCUT2D eigenvalue weighted by molar-refractivity contribution is 5.57. The summed E-state index contributed by atoms with van der Waals surface area (Å²) in [5.74, 6) is 2.23. The third-order valence-electron chi connectivity index (χ3n) is 3.49. The maximum absolute atomic E-state index is 5.30. The lowest BCUT2D eigenvalue weighted by molar-refractivity contribution is 0.414. The molecule has 2 heterocycles. The Hall–Kier alpha value is -2.03.